The number of carbonyl (C=O) groups is 1. The number of hydrogen-bond acceptors (Lipinski definition) is 4. The van der Waals surface area contributed by atoms with Gasteiger partial charge in [-0.1, -0.05) is 13.8 Å². The molecule has 0 bridgehead atoms. The van der Waals surface area contributed by atoms with Crippen molar-refractivity contribution in [2.45, 2.75) is 63.6 Å². The zero-order chi connectivity index (χ0) is 15.5. The van der Waals surface area contributed by atoms with E-state index in [9.17, 15) is 4.79 Å². The number of nitrogens with two attached hydrogens (primary N) is 1. The molecule has 0 aromatic heterocycles. The summed E-state index contributed by atoms with van der Waals surface area (Å²) in [4.78, 5) is 17.1. The maximum absolute atomic E-state index is 12.0. The Bertz CT molecular complexity index is 358. The van der Waals surface area contributed by atoms with Gasteiger partial charge in [-0.05, 0) is 45.7 Å². The van der Waals surface area contributed by atoms with E-state index in [1.54, 1.807) is 0 Å². The van der Waals surface area contributed by atoms with E-state index in [0.717, 1.165) is 45.4 Å². The molecule has 3 N–H and O–H groups in total. The first-order valence-corrected chi connectivity index (χ1v) is 8.51. The van der Waals surface area contributed by atoms with Crippen molar-refractivity contribution in [1.82, 2.24) is 15.1 Å². The van der Waals surface area contributed by atoms with Gasteiger partial charge in [0.25, 0.3) is 0 Å². The summed E-state index contributed by atoms with van der Waals surface area (Å²) in [6.45, 7) is 8.47. The lowest BCUT2D eigenvalue weighted by Gasteiger charge is -2.47. The number of carbonyl (C=O) groups excluding carboxylic acids is 1. The molecule has 0 aromatic rings. The Morgan fingerprint density at radius 3 is 2.76 bits per heavy atom. The third-order valence-corrected chi connectivity index (χ3v) is 5.51. The molecule has 1 aliphatic heterocycles. The van der Waals surface area contributed by atoms with Gasteiger partial charge in [-0.15, -0.1) is 0 Å². The Balaban J connectivity index is 2.05. The number of primary amides is 1. The predicted molar refractivity (Wildman–Crippen MR) is 86.1 cm³/mol. The van der Waals surface area contributed by atoms with Gasteiger partial charge in [-0.25, -0.2) is 0 Å². The highest BCUT2D eigenvalue weighted by atomic mass is 16.1. The van der Waals surface area contributed by atoms with Crippen molar-refractivity contribution in [3.63, 3.8) is 0 Å². The molecule has 1 saturated carbocycles. The fraction of sp³-hybridized carbons (Fsp3) is 0.938. The normalized spacial score (nSPS) is 35.8. The van der Waals surface area contributed by atoms with E-state index in [4.69, 9.17) is 5.73 Å². The second kappa shape index (κ2) is 7.07. The average molecular weight is 296 g/mol. The zero-order valence-corrected chi connectivity index (χ0v) is 13.9. The van der Waals surface area contributed by atoms with Crippen LogP contribution in [0.4, 0.5) is 0 Å². The minimum Gasteiger partial charge on any atom is -0.368 e. The summed E-state index contributed by atoms with van der Waals surface area (Å²) in [7, 11) is 2.22. The molecule has 1 aliphatic carbocycles. The molecule has 5 heteroatoms. The van der Waals surface area contributed by atoms with E-state index >= 15 is 0 Å². The van der Waals surface area contributed by atoms with E-state index in [1.165, 1.54) is 12.8 Å². The van der Waals surface area contributed by atoms with E-state index in [2.05, 4.69) is 36.0 Å². The predicted octanol–water partition coefficient (Wildman–Crippen LogP) is 0.789. The van der Waals surface area contributed by atoms with Crippen LogP contribution in [0.3, 0.4) is 0 Å². The Labute approximate surface area is 129 Å². The van der Waals surface area contributed by atoms with Crippen LogP contribution in [0.15, 0.2) is 0 Å². The summed E-state index contributed by atoms with van der Waals surface area (Å²) in [6, 6.07) is 1.14. The number of nitrogens with zero attached hydrogens (tertiary/aromatic N) is 2. The van der Waals surface area contributed by atoms with Crippen LogP contribution >= 0.6 is 0 Å². The third kappa shape index (κ3) is 3.58. The first kappa shape index (κ1) is 16.7. The zero-order valence-electron chi connectivity index (χ0n) is 13.9. The highest BCUT2D eigenvalue weighted by molar-refractivity contribution is 5.84. The number of rotatable bonds is 5. The highest BCUT2D eigenvalue weighted by Crippen LogP contribution is 2.32. The molecular formula is C16H32N4O. The van der Waals surface area contributed by atoms with Crippen molar-refractivity contribution in [2.75, 3.05) is 33.2 Å². The van der Waals surface area contributed by atoms with Crippen LogP contribution in [0.2, 0.25) is 0 Å². The SMILES string of the molecule is CCNC1(C(N)=O)CCCC(N2CCN(C)C(CC)C2)C1. The van der Waals surface area contributed by atoms with Gasteiger partial charge in [0.1, 0.15) is 0 Å². The van der Waals surface area contributed by atoms with Gasteiger partial charge in [0.05, 0.1) is 5.54 Å². The van der Waals surface area contributed by atoms with Crippen LogP contribution < -0.4 is 11.1 Å². The molecule has 3 unspecified atom stereocenters. The van der Waals surface area contributed by atoms with Crippen LogP contribution in [0, 0.1) is 0 Å². The quantitative estimate of drug-likeness (QED) is 0.787. The maximum Gasteiger partial charge on any atom is 0.237 e. The lowest BCUT2D eigenvalue weighted by atomic mass is 9.77. The molecule has 5 nitrogen and oxygen atoms in total. The number of amides is 1. The second-order valence-corrected chi connectivity index (χ2v) is 6.76. The molecule has 2 rings (SSSR count). The monoisotopic (exact) mass is 296 g/mol. The van der Waals surface area contributed by atoms with Crippen LogP contribution in [0.5, 0.6) is 0 Å². The summed E-state index contributed by atoms with van der Waals surface area (Å²) < 4.78 is 0. The molecule has 122 valence electrons. The van der Waals surface area contributed by atoms with Gasteiger partial charge in [-0.2, -0.15) is 0 Å². The summed E-state index contributed by atoms with van der Waals surface area (Å²) in [6.07, 6.45) is 5.23. The van der Waals surface area contributed by atoms with Crippen LogP contribution in [-0.4, -0.2) is 66.6 Å². The smallest absolute Gasteiger partial charge is 0.237 e. The highest BCUT2D eigenvalue weighted by Gasteiger charge is 2.43. The topological polar surface area (TPSA) is 61.6 Å². The second-order valence-electron chi connectivity index (χ2n) is 6.76. The molecule has 21 heavy (non-hydrogen) atoms. The van der Waals surface area contributed by atoms with Gasteiger partial charge in [0.15, 0.2) is 0 Å². The van der Waals surface area contributed by atoms with Crippen molar-refractivity contribution in [2.24, 2.45) is 5.73 Å². The van der Waals surface area contributed by atoms with Gasteiger partial charge in [0.2, 0.25) is 5.91 Å². The van der Waals surface area contributed by atoms with Crippen molar-refractivity contribution < 1.29 is 4.79 Å². The Morgan fingerprint density at radius 1 is 1.38 bits per heavy atom. The van der Waals surface area contributed by atoms with Gasteiger partial charge in [0, 0.05) is 31.7 Å². The minimum atomic E-state index is -0.483. The molecule has 3 atom stereocenters. The number of likely N-dealkylation sites (N-methyl/N-ethyl adjacent to an activating group) is 2. The first-order chi connectivity index (χ1) is 10.0. The standard InChI is InChI=1S/C16H32N4O/c1-4-13-12-20(10-9-19(13)3)14-7-6-8-16(11-14,15(17)21)18-5-2/h13-14,18H,4-12H2,1-3H3,(H2,17,21). The molecule has 1 amide bonds. The van der Waals surface area contributed by atoms with Gasteiger partial charge in [-0.3, -0.25) is 9.69 Å². The fourth-order valence-electron chi connectivity index (χ4n) is 4.11. The molecule has 2 aliphatic rings. The average Bonchev–Trinajstić information content (AvgIpc) is 2.48. The Kier molecular flexibility index (Phi) is 5.63. The van der Waals surface area contributed by atoms with Gasteiger partial charge >= 0.3 is 0 Å². The number of nitrogens with one attached hydrogen (secondary N) is 1. The van der Waals surface area contributed by atoms with Crippen LogP contribution in [-0.2, 0) is 4.79 Å². The summed E-state index contributed by atoms with van der Waals surface area (Å²) in [5.74, 6) is -0.171. The maximum atomic E-state index is 12.0. The lowest BCUT2D eigenvalue weighted by Crippen LogP contribution is -2.62. The Hall–Kier alpha value is -0.650. The van der Waals surface area contributed by atoms with Crippen molar-refractivity contribution in [1.29, 1.82) is 0 Å². The molecule has 0 aromatic carbocycles. The lowest BCUT2D eigenvalue weighted by molar-refractivity contribution is -0.127. The Morgan fingerprint density at radius 2 is 2.14 bits per heavy atom. The van der Waals surface area contributed by atoms with E-state index in [0.29, 0.717) is 12.1 Å². The van der Waals surface area contributed by atoms with Gasteiger partial charge < -0.3 is 16.0 Å². The minimum absolute atomic E-state index is 0.171. The molecule has 1 saturated heterocycles. The summed E-state index contributed by atoms with van der Waals surface area (Å²) in [5.41, 5.74) is 5.24. The molecule has 0 radical (unpaired) electrons. The molecule has 2 fully saturated rings. The van der Waals surface area contributed by atoms with Crippen molar-refractivity contribution in [3.05, 3.63) is 0 Å². The number of piperazine rings is 1. The molecule has 1 heterocycles. The van der Waals surface area contributed by atoms with Crippen LogP contribution in [0.1, 0.15) is 46.0 Å². The fourth-order valence-corrected chi connectivity index (χ4v) is 4.11. The third-order valence-electron chi connectivity index (χ3n) is 5.51. The van der Waals surface area contributed by atoms with E-state index in [-0.39, 0.29) is 5.91 Å². The summed E-state index contributed by atoms with van der Waals surface area (Å²) in [5, 5.41) is 3.39. The molecule has 0 spiro atoms. The van der Waals surface area contributed by atoms with E-state index in [1.807, 2.05) is 0 Å². The van der Waals surface area contributed by atoms with Crippen molar-refractivity contribution in [3.8, 4) is 0 Å². The van der Waals surface area contributed by atoms with Crippen LogP contribution in [0.25, 0.3) is 0 Å². The van der Waals surface area contributed by atoms with Crippen molar-refractivity contribution >= 4 is 5.91 Å². The van der Waals surface area contributed by atoms with E-state index < -0.39 is 5.54 Å². The first-order valence-electron chi connectivity index (χ1n) is 8.51. The summed E-state index contributed by atoms with van der Waals surface area (Å²) >= 11 is 0. The number of hydrogen-bond donors (Lipinski definition) is 2. The molecular weight excluding hydrogens is 264 g/mol. The largest absolute Gasteiger partial charge is 0.368 e.